The summed E-state index contributed by atoms with van der Waals surface area (Å²) in [5, 5.41) is 3.10. The second kappa shape index (κ2) is 12.0. The lowest BCUT2D eigenvalue weighted by Crippen LogP contribution is -2.52. The van der Waals surface area contributed by atoms with E-state index in [1.165, 1.54) is 11.3 Å². The first-order valence-electron chi connectivity index (χ1n) is 11.9. The maximum Gasteiger partial charge on any atom is 0.244 e. The van der Waals surface area contributed by atoms with Crippen molar-refractivity contribution in [3.05, 3.63) is 64.1 Å². The number of hydrogen-bond acceptors (Lipinski definition) is 4. The van der Waals surface area contributed by atoms with Crippen LogP contribution < -0.4 is 9.62 Å². The topological polar surface area (TPSA) is 86.8 Å². The SMILES string of the molecule is Cc1ccc(CN(C(=O)CN(c2ccc(Br)cc2)S(C)(=O)=O)[C@@H](C)C(=O)NC2CCCCC2)cc1. The molecule has 9 heteroatoms. The average molecular weight is 565 g/mol. The van der Waals surface area contributed by atoms with Gasteiger partial charge in [-0.2, -0.15) is 0 Å². The van der Waals surface area contributed by atoms with Crippen molar-refractivity contribution in [1.82, 2.24) is 10.2 Å². The van der Waals surface area contributed by atoms with Gasteiger partial charge in [0, 0.05) is 17.1 Å². The van der Waals surface area contributed by atoms with Gasteiger partial charge in [-0.1, -0.05) is 65.0 Å². The Labute approximate surface area is 217 Å². The molecule has 1 saturated carbocycles. The number of carbonyl (C=O) groups excluding carboxylic acids is 2. The molecule has 2 amide bonds. The summed E-state index contributed by atoms with van der Waals surface area (Å²) in [5.41, 5.74) is 2.35. The summed E-state index contributed by atoms with van der Waals surface area (Å²) in [6.45, 7) is 3.49. The van der Waals surface area contributed by atoms with Crippen molar-refractivity contribution in [2.24, 2.45) is 0 Å². The third-order valence-electron chi connectivity index (χ3n) is 6.39. The molecule has 0 heterocycles. The second-order valence-electron chi connectivity index (χ2n) is 9.27. The fraction of sp³-hybridized carbons (Fsp3) is 0.462. The molecular weight excluding hydrogens is 530 g/mol. The van der Waals surface area contributed by atoms with Crippen molar-refractivity contribution in [3.8, 4) is 0 Å². The maximum absolute atomic E-state index is 13.6. The third kappa shape index (κ3) is 7.80. The number of nitrogens with one attached hydrogen (secondary N) is 1. The Balaban J connectivity index is 1.85. The van der Waals surface area contributed by atoms with Crippen molar-refractivity contribution in [2.75, 3.05) is 17.1 Å². The van der Waals surface area contributed by atoms with Gasteiger partial charge in [0.1, 0.15) is 12.6 Å². The lowest BCUT2D eigenvalue weighted by atomic mass is 9.95. The molecule has 1 aliphatic rings. The molecule has 0 aliphatic heterocycles. The molecule has 1 fully saturated rings. The quantitative estimate of drug-likeness (QED) is 0.490. The van der Waals surface area contributed by atoms with Gasteiger partial charge >= 0.3 is 0 Å². The fourth-order valence-electron chi connectivity index (χ4n) is 4.26. The molecule has 3 rings (SSSR count). The predicted octanol–water partition coefficient (Wildman–Crippen LogP) is 4.39. The summed E-state index contributed by atoms with van der Waals surface area (Å²) in [4.78, 5) is 28.2. The van der Waals surface area contributed by atoms with Gasteiger partial charge in [-0.15, -0.1) is 0 Å². The Morgan fingerprint density at radius 2 is 1.63 bits per heavy atom. The van der Waals surface area contributed by atoms with E-state index >= 15 is 0 Å². The van der Waals surface area contributed by atoms with E-state index in [-0.39, 0.29) is 18.5 Å². The van der Waals surface area contributed by atoms with E-state index in [1.807, 2.05) is 31.2 Å². The van der Waals surface area contributed by atoms with Crippen molar-refractivity contribution >= 4 is 43.5 Å². The Bertz CT molecular complexity index is 1110. The van der Waals surface area contributed by atoms with Gasteiger partial charge in [0.15, 0.2) is 0 Å². The molecule has 190 valence electrons. The number of benzene rings is 2. The summed E-state index contributed by atoms with van der Waals surface area (Å²) in [6, 6.07) is 13.8. The highest BCUT2D eigenvalue weighted by Crippen LogP contribution is 2.22. The van der Waals surface area contributed by atoms with Crippen LogP contribution in [0.1, 0.15) is 50.2 Å². The van der Waals surface area contributed by atoms with Gasteiger partial charge in [-0.05, 0) is 56.5 Å². The number of nitrogens with zero attached hydrogens (tertiary/aromatic N) is 2. The van der Waals surface area contributed by atoms with E-state index in [1.54, 1.807) is 31.2 Å². The van der Waals surface area contributed by atoms with Crippen LogP contribution in [0, 0.1) is 6.92 Å². The molecule has 0 bridgehead atoms. The van der Waals surface area contributed by atoms with Crippen LogP contribution in [-0.4, -0.2) is 50.0 Å². The van der Waals surface area contributed by atoms with Crippen molar-refractivity contribution < 1.29 is 18.0 Å². The molecule has 7 nitrogen and oxygen atoms in total. The zero-order valence-corrected chi connectivity index (χ0v) is 22.9. The number of anilines is 1. The minimum atomic E-state index is -3.74. The molecule has 1 aliphatic carbocycles. The average Bonchev–Trinajstić information content (AvgIpc) is 2.82. The van der Waals surface area contributed by atoms with Crippen molar-refractivity contribution in [3.63, 3.8) is 0 Å². The normalized spacial score (nSPS) is 15.3. The summed E-state index contributed by atoms with van der Waals surface area (Å²) < 4.78 is 27.1. The smallest absolute Gasteiger partial charge is 0.244 e. The molecule has 2 aromatic rings. The molecule has 2 aromatic carbocycles. The van der Waals surface area contributed by atoms with E-state index in [0.717, 1.165) is 51.8 Å². The predicted molar refractivity (Wildman–Crippen MR) is 143 cm³/mol. The maximum atomic E-state index is 13.6. The number of hydrogen-bond donors (Lipinski definition) is 1. The number of rotatable bonds is 9. The first kappa shape index (κ1) is 27.2. The van der Waals surface area contributed by atoms with Crippen LogP contribution in [0.2, 0.25) is 0 Å². The minimum Gasteiger partial charge on any atom is -0.352 e. The Morgan fingerprint density at radius 1 is 1.03 bits per heavy atom. The van der Waals surface area contributed by atoms with E-state index in [0.29, 0.717) is 5.69 Å². The summed E-state index contributed by atoms with van der Waals surface area (Å²) in [6.07, 6.45) is 6.30. The summed E-state index contributed by atoms with van der Waals surface area (Å²) in [5.74, 6) is -0.655. The number of halogens is 1. The molecule has 0 spiro atoms. The van der Waals surface area contributed by atoms with Gasteiger partial charge in [-0.3, -0.25) is 13.9 Å². The zero-order chi connectivity index (χ0) is 25.6. The first-order chi connectivity index (χ1) is 16.5. The van der Waals surface area contributed by atoms with Gasteiger partial charge in [0.2, 0.25) is 21.8 Å². The highest BCUT2D eigenvalue weighted by molar-refractivity contribution is 9.10. The van der Waals surface area contributed by atoms with E-state index in [4.69, 9.17) is 0 Å². The minimum absolute atomic E-state index is 0.116. The third-order valence-corrected chi connectivity index (χ3v) is 8.06. The molecule has 0 radical (unpaired) electrons. The van der Waals surface area contributed by atoms with Crippen LogP contribution in [0.3, 0.4) is 0 Å². The standard InChI is InChI=1S/C26H34BrN3O4S/c1-19-9-11-21(12-10-19)17-29(20(2)26(32)28-23-7-5-4-6-8-23)25(31)18-30(35(3,33)34)24-15-13-22(27)14-16-24/h9-16,20,23H,4-8,17-18H2,1-3H3,(H,28,32)/t20-/m0/s1. The van der Waals surface area contributed by atoms with E-state index < -0.39 is 28.5 Å². The van der Waals surface area contributed by atoms with Crippen LogP contribution in [-0.2, 0) is 26.2 Å². The molecule has 1 atom stereocenters. The molecule has 1 N–H and O–H groups in total. The van der Waals surface area contributed by atoms with Crippen LogP contribution in [0.4, 0.5) is 5.69 Å². The lowest BCUT2D eigenvalue weighted by molar-refractivity contribution is -0.139. The number of amides is 2. The van der Waals surface area contributed by atoms with Crippen LogP contribution in [0.15, 0.2) is 53.0 Å². The van der Waals surface area contributed by atoms with Gasteiger partial charge in [0.25, 0.3) is 0 Å². The number of carbonyl (C=O) groups is 2. The van der Waals surface area contributed by atoms with E-state index in [2.05, 4.69) is 21.2 Å². The Hall–Kier alpha value is -2.39. The van der Waals surface area contributed by atoms with Gasteiger partial charge < -0.3 is 10.2 Å². The Morgan fingerprint density at radius 3 is 2.20 bits per heavy atom. The first-order valence-corrected chi connectivity index (χ1v) is 14.6. The molecule has 0 unspecified atom stereocenters. The van der Waals surface area contributed by atoms with Crippen LogP contribution >= 0.6 is 15.9 Å². The Kier molecular flexibility index (Phi) is 9.35. The summed E-state index contributed by atoms with van der Waals surface area (Å²) >= 11 is 3.35. The summed E-state index contributed by atoms with van der Waals surface area (Å²) in [7, 11) is -3.74. The van der Waals surface area contributed by atoms with Gasteiger partial charge in [-0.25, -0.2) is 8.42 Å². The molecule has 35 heavy (non-hydrogen) atoms. The number of aryl methyl sites for hydroxylation is 1. The highest BCUT2D eigenvalue weighted by Gasteiger charge is 2.31. The lowest BCUT2D eigenvalue weighted by Gasteiger charge is -2.33. The number of sulfonamides is 1. The van der Waals surface area contributed by atoms with Crippen LogP contribution in [0.5, 0.6) is 0 Å². The fourth-order valence-corrected chi connectivity index (χ4v) is 5.38. The van der Waals surface area contributed by atoms with Gasteiger partial charge in [0.05, 0.1) is 11.9 Å². The monoisotopic (exact) mass is 563 g/mol. The largest absolute Gasteiger partial charge is 0.352 e. The highest BCUT2D eigenvalue weighted by atomic mass is 79.9. The van der Waals surface area contributed by atoms with E-state index in [9.17, 15) is 18.0 Å². The molecular formula is C26H34BrN3O4S. The van der Waals surface area contributed by atoms with Crippen molar-refractivity contribution in [2.45, 2.75) is 64.6 Å². The van der Waals surface area contributed by atoms with Crippen LogP contribution in [0.25, 0.3) is 0 Å². The molecule has 0 saturated heterocycles. The zero-order valence-electron chi connectivity index (χ0n) is 20.5. The van der Waals surface area contributed by atoms with Crippen molar-refractivity contribution in [1.29, 1.82) is 0 Å². The second-order valence-corrected chi connectivity index (χ2v) is 12.1. The molecule has 0 aromatic heterocycles.